The molecule has 0 bridgehead atoms. The zero-order valence-corrected chi connectivity index (χ0v) is 14.1. The minimum absolute atomic E-state index is 0.201. The number of hydrogen-bond acceptors (Lipinski definition) is 1. The van der Waals surface area contributed by atoms with Crippen molar-refractivity contribution in [3.05, 3.63) is 34.6 Å². The third kappa shape index (κ3) is 4.20. The van der Waals surface area contributed by atoms with E-state index < -0.39 is 0 Å². The summed E-state index contributed by atoms with van der Waals surface area (Å²) < 4.78 is 13.5. The molecule has 1 aromatic carbocycles. The van der Waals surface area contributed by atoms with E-state index in [4.69, 9.17) is 11.6 Å². The third-order valence-electron chi connectivity index (χ3n) is 4.99. The van der Waals surface area contributed by atoms with Gasteiger partial charge in [-0.25, -0.2) is 4.39 Å². The van der Waals surface area contributed by atoms with Crippen LogP contribution in [0.15, 0.2) is 18.2 Å². The zero-order chi connectivity index (χ0) is 15.5. The van der Waals surface area contributed by atoms with Crippen molar-refractivity contribution in [1.29, 1.82) is 0 Å². The normalized spacial score (nSPS) is 23.0. The molecule has 118 valence electrons. The van der Waals surface area contributed by atoms with E-state index in [1.165, 1.54) is 31.7 Å². The van der Waals surface area contributed by atoms with E-state index in [1.54, 1.807) is 12.1 Å². The number of nitrogens with one attached hydrogen (secondary N) is 1. The summed E-state index contributed by atoms with van der Waals surface area (Å²) in [4.78, 5) is 0. The first-order valence-corrected chi connectivity index (χ1v) is 8.49. The Bertz CT molecular complexity index is 472. The summed E-state index contributed by atoms with van der Waals surface area (Å²) >= 11 is 6.26. The van der Waals surface area contributed by atoms with Gasteiger partial charge >= 0.3 is 0 Å². The predicted molar refractivity (Wildman–Crippen MR) is 88.3 cm³/mol. The van der Waals surface area contributed by atoms with E-state index in [2.05, 4.69) is 26.1 Å². The Kier molecular flexibility index (Phi) is 5.67. The van der Waals surface area contributed by atoms with Crippen LogP contribution in [0.3, 0.4) is 0 Å². The maximum absolute atomic E-state index is 13.5. The van der Waals surface area contributed by atoms with E-state index in [0.717, 1.165) is 18.5 Å². The average Bonchev–Trinajstić information content (AvgIpc) is 2.42. The van der Waals surface area contributed by atoms with E-state index in [-0.39, 0.29) is 5.82 Å². The van der Waals surface area contributed by atoms with Gasteiger partial charge in [0, 0.05) is 11.1 Å². The van der Waals surface area contributed by atoms with Crippen LogP contribution in [0.25, 0.3) is 0 Å². The second-order valence-electron chi connectivity index (χ2n) is 6.94. The van der Waals surface area contributed by atoms with Gasteiger partial charge in [0.05, 0.1) is 0 Å². The summed E-state index contributed by atoms with van der Waals surface area (Å²) in [7, 11) is 0. The molecule has 2 rings (SSSR count). The lowest BCUT2D eigenvalue weighted by molar-refractivity contribution is 0.0987. The van der Waals surface area contributed by atoms with Gasteiger partial charge in [-0.15, -0.1) is 0 Å². The number of halogens is 2. The Labute approximate surface area is 133 Å². The molecule has 1 aliphatic carbocycles. The molecular formula is C18H27ClFN. The average molecular weight is 312 g/mol. The molecule has 1 aromatic rings. The molecule has 3 heteroatoms. The van der Waals surface area contributed by atoms with Gasteiger partial charge in [-0.05, 0) is 60.9 Å². The first kappa shape index (κ1) is 16.8. The van der Waals surface area contributed by atoms with Crippen LogP contribution in [0, 0.1) is 17.2 Å². The molecule has 0 aromatic heterocycles. The first-order chi connectivity index (χ1) is 9.94. The van der Waals surface area contributed by atoms with Gasteiger partial charge in [-0.1, -0.05) is 45.2 Å². The van der Waals surface area contributed by atoms with Crippen LogP contribution in [0.4, 0.5) is 4.39 Å². The van der Waals surface area contributed by atoms with Crippen LogP contribution in [0.1, 0.15) is 52.0 Å². The Morgan fingerprint density at radius 3 is 2.81 bits per heavy atom. The molecule has 2 atom stereocenters. The molecule has 1 saturated carbocycles. The molecule has 2 unspecified atom stereocenters. The van der Waals surface area contributed by atoms with Crippen LogP contribution in [-0.2, 0) is 6.42 Å². The van der Waals surface area contributed by atoms with Crippen LogP contribution in [0.5, 0.6) is 0 Å². The lowest BCUT2D eigenvalue weighted by Crippen LogP contribution is -2.46. The maximum Gasteiger partial charge on any atom is 0.123 e. The monoisotopic (exact) mass is 311 g/mol. The minimum atomic E-state index is -0.201. The van der Waals surface area contributed by atoms with Crippen molar-refractivity contribution in [1.82, 2.24) is 5.32 Å². The third-order valence-corrected chi connectivity index (χ3v) is 5.36. The van der Waals surface area contributed by atoms with E-state index in [1.807, 2.05) is 0 Å². The van der Waals surface area contributed by atoms with Crippen molar-refractivity contribution in [2.45, 2.75) is 58.9 Å². The maximum atomic E-state index is 13.5. The standard InChI is InChI=1S/C18H27ClFN/c1-4-21-17(15-7-5-6-10-18(15,2)3)12-13-11-14(20)8-9-16(13)19/h8-9,11,15,17,21H,4-7,10,12H2,1-3H3. The summed E-state index contributed by atoms with van der Waals surface area (Å²) in [5.41, 5.74) is 1.26. The van der Waals surface area contributed by atoms with Gasteiger partial charge < -0.3 is 5.32 Å². The first-order valence-electron chi connectivity index (χ1n) is 8.11. The van der Waals surface area contributed by atoms with Gasteiger partial charge in [0.2, 0.25) is 0 Å². The van der Waals surface area contributed by atoms with Gasteiger partial charge in [-0.2, -0.15) is 0 Å². The molecule has 1 aliphatic rings. The fraction of sp³-hybridized carbons (Fsp3) is 0.667. The molecular weight excluding hydrogens is 285 g/mol. The number of benzene rings is 1. The van der Waals surface area contributed by atoms with Gasteiger partial charge in [-0.3, -0.25) is 0 Å². The molecule has 0 heterocycles. The molecule has 1 fully saturated rings. The van der Waals surface area contributed by atoms with E-state index in [0.29, 0.717) is 22.4 Å². The fourth-order valence-electron chi connectivity index (χ4n) is 3.82. The molecule has 1 N–H and O–H groups in total. The van der Waals surface area contributed by atoms with Gasteiger partial charge in [0.15, 0.2) is 0 Å². The fourth-order valence-corrected chi connectivity index (χ4v) is 4.02. The highest BCUT2D eigenvalue weighted by Gasteiger charge is 2.37. The molecule has 0 spiro atoms. The van der Waals surface area contributed by atoms with Crippen LogP contribution < -0.4 is 5.32 Å². The second kappa shape index (κ2) is 7.11. The number of rotatable bonds is 5. The highest BCUT2D eigenvalue weighted by atomic mass is 35.5. The summed E-state index contributed by atoms with van der Waals surface area (Å²) in [6.07, 6.45) is 5.95. The van der Waals surface area contributed by atoms with Crippen LogP contribution >= 0.6 is 11.6 Å². The van der Waals surface area contributed by atoms with E-state index in [9.17, 15) is 4.39 Å². The topological polar surface area (TPSA) is 12.0 Å². The van der Waals surface area contributed by atoms with Crippen molar-refractivity contribution in [3.63, 3.8) is 0 Å². The summed E-state index contributed by atoms with van der Waals surface area (Å²) in [5.74, 6) is 0.415. The summed E-state index contributed by atoms with van der Waals surface area (Å²) in [5, 5.41) is 4.30. The summed E-state index contributed by atoms with van der Waals surface area (Å²) in [6.45, 7) is 7.81. The predicted octanol–water partition coefficient (Wildman–Crippen LogP) is 5.22. The second-order valence-corrected chi connectivity index (χ2v) is 7.35. The number of hydrogen-bond donors (Lipinski definition) is 1. The zero-order valence-electron chi connectivity index (χ0n) is 13.4. The molecule has 0 saturated heterocycles. The molecule has 0 radical (unpaired) electrons. The lowest BCUT2D eigenvalue weighted by Gasteiger charge is -2.43. The highest BCUT2D eigenvalue weighted by Crippen LogP contribution is 2.43. The van der Waals surface area contributed by atoms with Gasteiger partial charge in [0.1, 0.15) is 5.82 Å². The minimum Gasteiger partial charge on any atom is -0.314 e. The Hall–Kier alpha value is -0.600. The van der Waals surface area contributed by atoms with Crippen LogP contribution in [0.2, 0.25) is 5.02 Å². The Balaban J connectivity index is 2.20. The Morgan fingerprint density at radius 1 is 1.38 bits per heavy atom. The van der Waals surface area contributed by atoms with Crippen molar-refractivity contribution in [3.8, 4) is 0 Å². The SMILES string of the molecule is CCNC(Cc1cc(F)ccc1Cl)C1CCCCC1(C)C. The van der Waals surface area contributed by atoms with Crippen molar-refractivity contribution in [2.24, 2.45) is 11.3 Å². The van der Waals surface area contributed by atoms with Crippen LogP contribution in [-0.4, -0.2) is 12.6 Å². The lowest BCUT2D eigenvalue weighted by atomic mass is 9.65. The smallest absolute Gasteiger partial charge is 0.123 e. The number of likely N-dealkylation sites (N-methyl/N-ethyl adjacent to an activating group) is 1. The highest BCUT2D eigenvalue weighted by molar-refractivity contribution is 6.31. The Morgan fingerprint density at radius 2 is 2.14 bits per heavy atom. The molecule has 21 heavy (non-hydrogen) atoms. The largest absolute Gasteiger partial charge is 0.314 e. The quantitative estimate of drug-likeness (QED) is 0.786. The summed E-state index contributed by atoms with van der Waals surface area (Å²) in [6, 6.07) is 5.05. The van der Waals surface area contributed by atoms with Crippen molar-refractivity contribution in [2.75, 3.05) is 6.54 Å². The van der Waals surface area contributed by atoms with Crippen molar-refractivity contribution >= 4 is 11.6 Å². The van der Waals surface area contributed by atoms with Crippen molar-refractivity contribution < 1.29 is 4.39 Å². The molecule has 0 aliphatic heterocycles. The van der Waals surface area contributed by atoms with E-state index >= 15 is 0 Å². The molecule has 1 nitrogen and oxygen atoms in total. The van der Waals surface area contributed by atoms with Gasteiger partial charge in [0.25, 0.3) is 0 Å². The molecule has 0 amide bonds.